The first-order chi connectivity index (χ1) is 26.6. The molecule has 0 bridgehead atoms. The van der Waals surface area contributed by atoms with Gasteiger partial charge in [-0.1, -0.05) is 153 Å². The predicted octanol–water partition coefficient (Wildman–Crippen LogP) is 14.9. The fourth-order valence-electron chi connectivity index (χ4n) is 8.93. The highest BCUT2D eigenvalue weighted by molar-refractivity contribution is 7.26. The summed E-state index contributed by atoms with van der Waals surface area (Å²) >= 11 is 1.85. The van der Waals surface area contributed by atoms with Crippen LogP contribution in [0.25, 0.3) is 80.0 Å². The van der Waals surface area contributed by atoms with E-state index < -0.39 is 0 Å². The van der Waals surface area contributed by atoms with Gasteiger partial charge >= 0.3 is 0 Å². The molecule has 2 heterocycles. The van der Waals surface area contributed by atoms with Crippen LogP contribution in [0.5, 0.6) is 5.75 Å². The number of hydrogen-bond acceptors (Lipinski definition) is 2. The van der Waals surface area contributed by atoms with Gasteiger partial charge in [-0.15, -0.1) is 11.3 Å². The minimum absolute atomic E-state index is 0.161. The van der Waals surface area contributed by atoms with Crippen molar-refractivity contribution >= 4 is 80.2 Å². The minimum atomic E-state index is 0.161. The molecule has 254 valence electrons. The maximum absolute atomic E-state index is 6.74. The van der Waals surface area contributed by atoms with E-state index in [9.17, 15) is 0 Å². The first-order valence-corrected chi connectivity index (χ1v) is 19.4. The minimum Gasteiger partial charge on any atom is -0.460 e. The zero-order chi connectivity index (χ0) is 35.9. The van der Waals surface area contributed by atoms with Crippen LogP contribution in [0.3, 0.4) is 0 Å². The molecule has 2 aliphatic rings. The summed E-state index contributed by atoms with van der Waals surface area (Å²) in [7, 11) is 0. The molecule has 1 aliphatic carbocycles. The summed E-state index contributed by atoms with van der Waals surface area (Å²) in [6.45, 7) is 9.23. The Morgan fingerprint density at radius 2 is 1.22 bits per heavy atom. The second-order valence-corrected chi connectivity index (χ2v) is 15.6. The van der Waals surface area contributed by atoms with Crippen molar-refractivity contribution in [2.45, 2.75) is 12.3 Å². The normalized spacial score (nSPS) is 15.2. The molecule has 1 aliphatic heterocycles. The van der Waals surface area contributed by atoms with E-state index >= 15 is 0 Å². The van der Waals surface area contributed by atoms with Crippen LogP contribution in [-0.4, -0.2) is 0 Å². The molecule has 0 radical (unpaired) electrons. The molecule has 0 fully saturated rings. The molecule has 1 atom stereocenters. The van der Waals surface area contributed by atoms with Gasteiger partial charge in [0.2, 0.25) is 0 Å². The van der Waals surface area contributed by atoms with E-state index in [1.165, 1.54) is 85.5 Å². The maximum atomic E-state index is 6.74. The van der Waals surface area contributed by atoms with Crippen LogP contribution in [0.2, 0.25) is 0 Å². The largest absolute Gasteiger partial charge is 0.460 e. The lowest BCUT2D eigenvalue weighted by Gasteiger charge is -2.19. The molecule has 1 aromatic heterocycles. The third-order valence-corrected chi connectivity index (χ3v) is 12.6. The maximum Gasteiger partial charge on any atom is 0.139 e. The van der Waals surface area contributed by atoms with Gasteiger partial charge in [-0.3, -0.25) is 0 Å². The van der Waals surface area contributed by atoms with Gasteiger partial charge in [0, 0.05) is 37.0 Å². The quantitative estimate of drug-likeness (QED) is 0.128. The van der Waals surface area contributed by atoms with E-state index in [0.29, 0.717) is 0 Å². The number of benzene rings is 8. The molecule has 9 aromatic rings. The highest BCUT2D eigenvalue weighted by Crippen LogP contribution is 2.52. The zero-order valence-electron chi connectivity index (χ0n) is 29.6. The van der Waals surface area contributed by atoms with Crippen LogP contribution in [0, 0.1) is 0 Å². The first kappa shape index (κ1) is 31.1. The van der Waals surface area contributed by atoms with Crippen LogP contribution in [0.4, 0.5) is 0 Å². The lowest BCUT2D eigenvalue weighted by Crippen LogP contribution is -2.05. The predicted molar refractivity (Wildman–Crippen MR) is 233 cm³/mol. The third-order valence-electron chi connectivity index (χ3n) is 11.5. The lowest BCUT2D eigenvalue weighted by atomic mass is 9.84. The summed E-state index contributed by atoms with van der Waals surface area (Å²) in [5.74, 6) is 2.19. The average Bonchev–Trinajstić information content (AvgIpc) is 3.80. The molecule has 1 nitrogen and oxygen atoms in total. The van der Waals surface area contributed by atoms with Crippen LogP contribution in [0.15, 0.2) is 194 Å². The van der Waals surface area contributed by atoms with Crippen LogP contribution in [0.1, 0.15) is 23.5 Å². The van der Waals surface area contributed by atoms with Gasteiger partial charge in [0.1, 0.15) is 11.5 Å². The van der Waals surface area contributed by atoms with Gasteiger partial charge in [-0.2, -0.15) is 0 Å². The molecule has 0 amide bonds. The highest BCUT2D eigenvalue weighted by atomic mass is 32.1. The van der Waals surface area contributed by atoms with E-state index in [0.717, 1.165) is 34.6 Å². The van der Waals surface area contributed by atoms with Crippen LogP contribution >= 0.6 is 11.3 Å². The van der Waals surface area contributed by atoms with Crippen molar-refractivity contribution in [2.75, 3.05) is 0 Å². The Hall–Kier alpha value is -6.48. The second-order valence-electron chi connectivity index (χ2n) is 14.5. The second kappa shape index (κ2) is 12.0. The fraction of sp³-hybridized carbons (Fsp3) is 0.0385. The van der Waals surface area contributed by atoms with E-state index in [-0.39, 0.29) is 5.92 Å². The SMILES string of the molecule is C=C(/C=C\C(=C)c1c2ccccc2c(-c2ccc3ccccc3c2)c2ccccc12)C1=CC=C2Oc3c(ccc4ccc5sc6ccccc6c5c34)C2C1. The van der Waals surface area contributed by atoms with E-state index in [4.69, 9.17) is 4.74 Å². The molecule has 11 rings (SSSR count). The molecule has 0 spiro atoms. The number of ether oxygens (including phenoxy) is 1. The van der Waals surface area contributed by atoms with E-state index in [1.54, 1.807) is 0 Å². The lowest BCUT2D eigenvalue weighted by molar-refractivity contribution is 0.427. The summed E-state index contributed by atoms with van der Waals surface area (Å²) in [4.78, 5) is 0. The Kier molecular flexibility index (Phi) is 6.92. The summed E-state index contributed by atoms with van der Waals surface area (Å²) in [6.07, 6.45) is 9.48. The molecular formula is C52H34OS. The van der Waals surface area contributed by atoms with Gasteiger partial charge in [0.15, 0.2) is 0 Å². The van der Waals surface area contributed by atoms with Gasteiger partial charge in [0.25, 0.3) is 0 Å². The molecule has 0 saturated carbocycles. The van der Waals surface area contributed by atoms with Crippen molar-refractivity contribution in [2.24, 2.45) is 0 Å². The standard InChI is InChI=1S/C52H34OS/c1-31(35-24-27-45-44(30-35)42-26-23-34-25-28-47-51(50(34)52(42)53-45)43-17-9-10-18-46(43)54-47)19-20-32(2)48-38-13-5-7-15-40(38)49(41-16-8-6-14-39(41)48)37-22-21-33-11-3-4-12-36(33)29-37/h3-29,44H,1-2,30H2/b20-19-. The molecule has 0 N–H and O–H groups in total. The molecular weight excluding hydrogens is 673 g/mol. The highest BCUT2D eigenvalue weighted by Gasteiger charge is 2.34. The number of hydrogen-bond donors (Lipinski definition) is 0. The monoisotopic (exact) mass is 706 g/mol. The summed E-state index contributed by atoms with van der Waals surface area (Å²) < 4.78 is 9.34. The number of rotatable bonds is 5. The molecule has 54 heavy (non-hydrogen) atoms. The topological polar surface area (TPSA) is 9.23 Å². The van der Waals surface area contributed by atoms with Crippen molar-refractivity contribution in [3.63, 3.8) is 0 Å². The summed E-state index contributed by atoms with van der Waals surface area (Å²) in [5.41, 5.74) is 8.07. The van der Waals surface area contributed by atoms with Gasteiger partial charge in [0.05, 0.1) is 0 Å². The van der Waals surface area contributed by atoms with Gasteiger partial charge in [-0.05, 0) is 102 Å². The van der Waals surface area contributed by atoms with Crippen molar-refractivity contribution in [1.29, 1.82) is 0 Å². The van der Waals surface area contributed by atoms with E-state index in [1.807, 2.05) is 11.3 Å². The van der Waals surface area contributed by atoms with E-state index in [2.05, 4.69) is 177 Å². The smallest absolute Gasteiger partial charge is 0.139 e. The van der Waals surface area contributed by atoms with Gasteiger partial charge in [-0.25, -0.2) is 0 Å². The summed E-state index contributed by atoms with van der Waals surface area (Å²) in [5, 5.41) is 12.4. The fourth-order valence-corrected chi connectivity index (χ4v) is 10.0. The number of allylic oxidation sites excluding steroid dienone is 8. The Balaban J connectivity index is 0.939. The van der Waals surface area contributed by atoms with Crippen molar-refractivity contribution < 1.29 is 4.74 Å². The van der Waals surface area contributed by atoms with Gasteiger partial charge < -0.3 is 4.74 Å². The number of thiophene rings is 1. The van der Waals surface area contributed by atoms with Crippen molar-refractivity contribution in [1.82, 2.24) is 0 Å². The first-order valence-electron chi connectivity index (χ1n) is 18.6. The summed E-state index contributed by atoms with van der Waals surface area (Å²) in [6, 6.07) is 50.6. The molecule has 2 heteroatoms. The number of fused-ring (bicyclic) bond motifs is 12. The zero-order valence-corrected chi connectivity index (χ0v) is 30.4. The van der Waals surface area contributed by atoms with Crippen LogP contribution < -0.4 is 4.74 Å². The Labute approximate surface area is 317 Å². The molecule has 0 saturated heterocycles. The average molecular weight is 707 g/mol. The van der Waals surface area contributed by atoms with Crippen molar-refractivity contribution in [3.05, 3.63) is 205 Å². The Morgan fingerprint density at radius 3 is 2.02 bits per heavy atom. The van der Waals surface area contributed by atoms with Crippen LogP contribution in [-0.2, 0) is 0 Å². The van der Waals surface area contributed by atoms with Crippen molar-refractivity contribution in [3.8, 4) is 16.9 Å². The third kappa shape index (κ3) is 4.70. The Bertz CT molecular complexity index is 3140. The molecule has 1 unspecified atom stereocenters. The molecule has 8 aromatic carbocycles. The Morgan fingerprint density at radius 1 is 0.574 bits per heavy atom.